The summed E-state index contributed by atoms with van der Waals surface area (Å²) in [7, 11) is 3.27. The Balaban J connectivity index is 0.861. The molecular formula is C45H52N6O8. The van der Waals surface area contributed by atoms with Crippen molar-refractivity contribution < 1.29 is 34.1 Å². The molecule has 2 heterocycles. The number of carbonyl (C=O) groups is 3. The lowest BCUT2D eigenvalue weighted by Crippen LogP contribution is -2.40. The first-order valence-corrected chi connectivity index (χ1v) is 19.9. The van der Waals surface area contributed by atoms with Crippen molar-refractivity contribution in [3.05, 3.63) is 119 Å². The number of methoxy groups -OCH3 is 1. The molecule has 14 nitrogen and oxygen atoms in total. The van der Waals surface area contributed by atoms with E-state index in [1.54, 1.807) is 30.1 Å². The molecular weight excluding hydrogens is 753 g/mol. The van der Waals surface area contributed by atoms with E-state index in [0.717, 1.165) is 29.8 Å². The number of anilines is 2. The number of likely N-dealkylation sites (tertiary alicyclic amines) is 1. The maximum atomic E-state index is 12.9. The Morgan fingerprint density at radius 1 is 0.915 bits per heavy atom. The fourth-order valence-corrected chi connectivity index (χ4v) is 7.22. The monoisotopic (exact) mass is 804 g/mol. The first-order chi connectivity index (χ1) is 28.6. The van der Waals surface area contributed by atoms with E-state index in [1.807, 2.05) is 66.7 Å². The highest BCUT2D eigenvalue weighted by molar-refractivity contribution is 5.93. The van der Waals surface area contributed by atoms with Gasteiger partial charge in [0.15, 0.2) is 0 Å². The van der Waals surface area contributed by atoms with E-state index in [9.17, 15) is 29.4 Å². The van der Waals surface area contributed by atoms with Crippen molar-refractivity contribution in [1.29, 1.82) is 0 Å². The van der Waals surface area contributed by atoms with Crippen LogP contribution in [0.4, 0.5) is 16.2 Å². The van der Waals surface area contributed by atoms with Crippen LogP contribution in [-0.2, 0) is 20.9 Å². The number of aliphatic hydroxyl groups is 1. The fourth-order valence-electron chi connectivity index (χ4n) is 7.22. The minimum atomic E-state index is -0.902. The van der Waals surface area contributed by atoms with Gasteiger partial charge in [-0.05, 0) is 66.3 Å². The predicted octanol–water partition coefficient (Wildman–Crippen LogP) is 6.01. The van der Waals surface area contributed by atoms with E-state index in [1.165, 1.54) is 19.2 Å². The summed E-state index contributed by atoms with van der Waals surface area (Å²) in [5, 5.41) is 30.6. The molecule has 1 aromatic heterocycles. The largest absolute Gasteiger partial charge is 0.506 e. The predicted molar refractivity (Wildman–Crippen MR) is 227 cm³/mol. The molecule has 0 spiro atoms. The summed E-state index contributed by atoms with van der Waals surface area (Å²) >= 11 is 0. The second kappa shape index (κ2) is 20.5. The summed E-state index contributed by atoms with van der Waals surface area (Å²) in [6.07, 6.45) is 0.874. The van der Waals surface area contributed by atoms with Crippen LogP contribution in [0, 0.1) is 0 Å². The average molecular weight is 805 g/mol. The molecule has 5 aromatic rings. The lowest BCUT2D eigenvalue weighted by atomic mass is 10.0. The molecule has 0 aliphatic carbocycles. The highest BCUT2D eigenvalue weighted by Crippen LogP contribution is 2.30. The van der Waals surface area contributed by atoms with Crippen molar-refractivity contribution in [2.45, 2.75) is 50.9 Å². The number of benzene rings is 4. The van der Waals surface area contributed by atoms with Gasteiger partial charge in [-0.1, -0.05) is 60.7 Å². The van der Waals surface area contributed by atoms with Gasteiger partial charge in [0.05, 0.1) is 30.1 Å². The molecule has 4 aromatic carbocycles. The summed E-state index contributed by atoms with van der Waals surface area (Å²) in [6, 6.07) is 28.9. The fraction of sp³-hybridized carbons (Fsp3) is 0.333. The third-order valence-electron chi connectivity index (χ3n) is 10.5. The van der Waals surface area contributed by atoms with Gasteiger partial charge >= 0.3 is 6.09 Å². The van der Waals surface area contributed by atoms with E-state index < -0.39 is 12.2 Å². The van der Waals surface area contributed by atoms with Crippen LogP contribution < -0.4 is 26.2 Å². The van der Waals surface area contributed by atoms with E-state index in [-0.39, 0.29) is 47.7 Å². The zero-order valence-electron chi connectivity index (χ0n) is 33.4. The van der Waals surface area contributed by atoms with E-state index >= 15 is 0 Å². The molecule has 310 valence electrons. The molecule has 1 atom stereocenters. The smallest absolute Gasteiger partial charge is 0.411 e. The number of hydrogen-bond donors (Lipinski definition) is 6. The molecule has 59 heavy (non-hydrogen) atoms. The number of aromatic amines is 1. The van der Waals surface area contributed by atoms with Crippen molar-refractivity contribution in [2.24, 2.45) is 0 Å². The lowest BCUT2D eigenvalue weighted by Gasteiger charge is -2.31. The molecule has 1 fully saturated rings. The first kappa shape index (κ1) is 42.4. The van der Waals surface area contributed by atoms with Crippen LogP contribution in [0.25, 0.3) is 22.0 Å². The number of carbonyl (C=O) groups excluding carboxylic acids is 3. The van der Waals surface area contributed by atoms with E-state index in [2.05, 4.69) is 25.8 Å². The number of para-hydroxylation sites is 1. The molecule has 0 radical (unpaired) electrons. The minimum absolute atomic E-state index is 0.00591. The number of ether oxygens (including phenoxy) is 2. The van der Waals surface area contributed by atoms with Crippen molar-refractivity contribution in [1.82, 2.24) is 20.1 Å². The van der Waals surface area contributed by atoms with Gasteiger partial charge in [0.1, 0.15) is 17.6 Å². The van der Waals surface area contributed by atoms with Crippen molar-refractivity contribution in [3.8, 4) is 22.6 Å². The highest BCUT2D eigenvalue weighted by atomic mass is 16.6. The molecule has 6 rings (SSSR count). The van der Waals surface area contributed by atoms with Gasteiger partial charge in [-0.3, -0.25) is 19.7 Å². The quantitative estimate of drug-likeness (QED) is 0.0650. The van der Waals surface area contributed by atoms with Crippen molar-refractivity contribution in [2.75, 3.05) is 57.5 Å². The number of hydrogen-bond acceptors (Lipinski definition) is 10. The number of aliphatic hydroxyl groups excluding tert-OH is 1. The zero-order chi connectivity index (χ0) is 41.7. The molecule has 0 bridgehead atoms. The Bertz CT molecular complexity index is 2270. The van der Waals surface area contributed by atoms with Crippen LogP contribution in [0.5, 0.6) is 11.5 Å². The lowest BCUT2D eigenvalue weighted by molar-refractivity contribution is -0.130. The van der Waals surface area contributed by atoms with Crippen LogP contribution in [0.15, 0.2) is 102 Å². The van der Waals surface area contributed by atoms with Gasteiger partial charge in [-0.25, -0.2) is 4.79 Å². The van der Waals surface area contributed by atoms with Crippen LogP contribution in [0.3, 0.4) is 0 Å². The summed E-state index contributed by atoms with van der Waals surface area (Å²) in [4.78, 5) is 56.7. The molecule has 0 unspecified atom stereocenters. The normalized spacial score (nSPS) is 13.7. The number of rotatable bonds is 17. The Morgan fingerprint density at radius 3 is 2.46 bits per heavy atom. The number of fused-ring (bicyclic) bond motifs is 1. The standard InChI is InChI=1S/C45H52N6O8/c1-50(43(56)22-26-51-24-20-32(21-25-51)59-45(57)48-36-12-7-6-11-33(36)31-9-4-3-5-10-31)23-8-13-41(54)47-37-17-14-30(27-40(37)58-2)28-46-29-39(53)34-15-18-38(52)44-35(34)16-19-42(55)49-44/h3-7,9-12,14-19,27,32,39,46,52-53H,8,13,20-26,28-29H2,1-2H3,(H,47,54)(H,48,57)(H,49,55)/t39-/m0/s1. The van der Waals surface area contributed by atoms with Gasteiger partial charge in [0.2, 0.25) is 17.4 Å². The number of pyridine rings is 1. The highest BCUT2D eigenvalue weighted by Gasteiger charge is 2.24. The van der Waals surface area contributed by atoms with Gasteiger partial charge in [0.25, 0.3) is 0 Å². The third-order valence-corrected chi connectivity index (χ3v) is 10.5. The molecule has 3 amide bonds. The molecule has 6 N–H and O–H groups in total. The number of aromatic hydroxyl groups is 1. The van der Waals surface area contributed by atoms with Crippen molar-refractivity contribution >= 4 is 40.2 Å². The number of phenolic OH excluding ortho intramolecular Hbond substituents is 1. The molecule has 0 saturated carbocycles. The number of H-pyrrole nitrogens is 1. The van der Waals surface area contributed by atoms with E-state index in [4.69, 9.17) is 9.47 Å². The van der Waals surface area contributed by atoms with Gasteiger partial charge in [-0.15, -0.1) is 0 Å². The number of amides is 3. The Labute approximate surface area is 343 Å². The number of nitrogens with one attached hydrogen (secondary N) is 4. The van der Waals surface area contributed by atoms with Gasteiger partial charge in [-0.2, -0.15) is 0 Å². The number of phenols is 1. The third kappa shape index (κ3) is 11.7. The topological polar surface area (TPSA) is 186 Å². The summed E-state index contributed by atoms with van der Waals surface area (Å²) < 4.78 is 11.3. The van der Waals surface area contributed by atoms with Crippen LogP contribution in [0.1, 0.15) is 49.3 Å². The molecule has 14 heteroatoms. The van der Waals surface area contributed by atoms with Gasteiger partial charge < -0.3 is 45.1 Å². The number of nitrogens with zero attached hydrogens (tertiary/aromatic N) is 2. The zero-order valence-corrected chi connectivity index (χ0v) is 33.4. The first-order valence-electron chi connectivity index (χ1n) is 19.9. The minimum Gasteiger partial charge on any atom is -0.506 e. The van der Waals surface area contributed by atoms with Crippen LogP contribution >= 0.6 is 0 Å². The molecule has 1 aliphatic heterocycles. The molecule has 1 saturated heterocycles. The Hall–Kier alpha value is -6.22. The van der Waals surface area contributed by atoms with Crippen molar-refractivity contribution in [3.63, 3.8) is 0 Å². The average Bonchev–Trinajstić information content (AvgIpc) is 3.24. The molecule has 1 aliphatic rings. The van der Waals surface area contributed by atoms with E-state index in [0.29, 0.717) is 73.4 Å². The summed E-state index contributed by atoms with van der Waals surface area (Å²) in [5.41, 5.74) is 4.51. The SMILES string of the molecule is COc1cc(CNC[C@H](O)c2ccc(O)c3[nH]c(=O)ccc23)ccc1NC(=O)CCCN(C)C(=O)CCN1CCC(OC(=O)Nc2ccccc2-c2ccccc2)CC1. The summed E-state index contributed by atoms with van der Waals surface area (Å²) in [6.45, 7) is 3.12. The van der Waals surface area contributed by atoms with Crippen LogP contribution in [0.2, 0.25) is 0 Å². The number of piperidine rings is 1. The maximum Gasteiger partial charge on any atom is 0.411 e. The Morgan fingerprint density at radius 2 is 1.68 bits per heavy atom. The maximum absolute atomic E-state index is 12.9. The second-order valence-corrected chi connectivity index (χ2v) is 14.7. The van der Waals surface area contributed by atoms with Gasteiger partial charge in [0, 0.05) is 76.2 Å². The van der Waals surface area contributed by atoms with Crippen LogP contribution in [-0.4, -0.2) is 95.9 Å². The second-order valence-electron chi connectivity index (χ2n) is 14.7. The summed E-state index contributed by atoms with van der Waals surface area (Å²) in [5.74, 6) is 0.228. The Kier molecular flexibility index (Phi) is 14.7. The number of aromatic nitrogens is 1.